The molecule has 0 amide bonds. The van der Waals surface area contributed by atoms with E-state index >= 15 is 0 Å². The van der Waals surface area contributed by atoms with E-state index in [9.17, 15) is 5.11 Å². The van der Waals surface area contributed by atoms with Gasteiger partial charge in [-0.15, -0.1) is 0 Å². The van der Waals surface area contributed by atoms with E-state index in [1.165, 1.54) is 12.1 Å². The molecule has 0 aliphatic carbocycles. The summed E-state index contributed by atoms with van der Waals surface area (Å²) < 4.78 is 7.20. The number of phenolic OH excluding ortho intramolecular Hbond substituents is 1. The van der Waals surface area contributed by atoms with Crippen LogP contribution in [0.3, 0.4) is 0 Å². The Morgan fingerprint density at radius 3 is 2.59 bits per heavy atom. The molecule has 0 radical (unpaired) electrons. The van der Waals surface area contributed by atoms with E-state index < -0.39 is 0 Å². The maximum atomic E-state index is 9.26. The number of aromatic nitrogens is 2. The standard InChI is InChI=1S/C11H10Cl2N2O2/c12-9-6-8(16)7-10(13)11(9)17-5-4-15-3-1-2-14-15/h1-3,6-7,16H,4-5H2. The molecule has 0 atom stereocenters. The highest BCUT2D eigenvalue weighted by Crippen LogP contribution is 2.36. The van der Waals surface area contributed by atoms with Crippen LogP contribution in [-0.4, -0.2) is 21.5 Å². The van der Waals surface area contributed by atoms with Gasteiger partial charge in [0.15, 0.2) is 5.75 Å². The number of phenols is 1. The Hall–Kier alpha value is -1.39. The first-order valence-corrected chi connectivity index (χ1v) is 5.70. The highest BCUT2D eigenvalue weighted by atomic mass is 35.5. The van der Waals surface area contributed by atoms with Gasteiger partial charge in [-0.25, -0.2) is 0 Å². The molecular weight excluding hydrogens is 263 g/mol. The molecule has 1 heterocycles. The first-order valence-electron chi connectivity index (χ1n) is 4.95. The minimum absolute atomic E-state index is 0.0134. The van der Waals surface area contributed by atoms with Crippen LogP contribution in [0, 0.1) is 0 Å². The highest BCUT2D eigenvalue weighted by Gasteiger charge is 2.09. The zero-order valence-electron chi connectivity index (χ0n) is 8.81. The number of rotatable bonds is 4. The first-order chi connectivity index (χ1) is 8.16. The molecule has 0 spiro atoms. The predicted octanol–water partition coefficient (Wildman–Crippen LogP) is 2.97. The van der Waals surface area contributed by atoms with Crippen molar-refractivity contribution in [2.24, 2.45) is 0 Å². The van der Waals surface area contributed by atoms with Gasteiger partial charge < -0.3 is 9.84 Å². The highest BCUT2D eigenvalue weighted by molar-refractivity contribution is 6.37. The normalized spacial score (nSPS) is 10.5. The van der Waals surface area contributed by atoms with E-state index in [2.05, 4.69) is 5.10 Å². The van der Waals surface area contributed by atoms with Gasteiger partial charge in [0.2, 0.25) is 0 Å². The zero-order valence-corrected chi connectivity index (χ0v) is 10.3. The first kappa shape index (κ1) is 12.1. The van der Waals surface area contributed by atoms with Gasteiger partial charge in [0, 0.05) is 24.5 Å². The number of hydrogen-bond donors (Lipinski definition) is 1. The molecule has 0 saturated heterocycles. The lowest BCUT2D eigenvalue weighted by Gasteiger charge is -2.10. The van der Waals surface area contributed by atoms with Crippen LogP contribution in [0.4, 0.5) is 0 Å². The zero-order chi connectivity index (χ0) is 12.3. The lowest BCUT2D eigenvalue weighted by molar-refractivity contribution is 0.291. The Balaban J connectivity index is 1.99. The number of hydrogen-bond acceptors (Lipinski definition) is 3. The molecule has 1 aromatic heterocycles. The van der Waals surface area contributed by atoms with Crippen molar-refractivity contribution in [1.82, 2.24) is 9.78 Å². The Bertz CT molecular complexity index is 477. The third-order valence-corrected chi connectivity index (χ3v) is 2.67. The fraction of sp³-hybridized carbons (Fsp3) is 0.182. The smallest absolute Gasteiger partial charge is 0.156 e. The van der Waals surface area contributed by atoms with Crippen LogP contribution in [0.25, 0.3) is 0 Å². The van der Waals surface area contributed by atoms with Crippen LogP contribution >= 0.6 is 23.2 Å². The topological polar surface area (TPSA) is 47.3 Å². The lowest BCUT2D eigenvalue weighted by Crippen LogP contribution is -2.08. The average Bonchev–Trinajstić information content (AvgIpc) is 2.74. The molecule has 2 aromatic rings. The minimum Gasteiger partial charge on any atom is -0.508 e. The fourth-order valence-corrected chi connectivity index (χ4v) is 1.94. The van der Waals surface area contributed by atoms with Crippen molar-refractivity contribution in [2.75, 3.05) is 6.61 Å². The van der Waals surface area contributed by atoms with Crippen molar-refractivity contribution in [2.45, 2.75) is 6.54 Å². The molecule has 0 fully saturated rings. The summed E-state index contributed by atoms with van der Waals surface area (Å²) in [5, 5.41) is 13.9. The second-order valence-corrected chi connectivity index (χ2v) is 4.17. The molecular formula is C11H10Cl2N2O2. The third-order valence-electron chi connectivity index (χ3n) is 2.11. The molecule has 6 heteroatoms. The van der Waals surface area contributed by atoms with Crippen LogP contribution in [-0.2, 0) is 6.54 Å². The Morgan fingerprint density at radius 1 is 1.29 bits per heavy atom. The van der Waals surface area contributed by atoms with E-state index in [1.807, 2.05) is 12.3 Å². The summed E-state index contributed by atoms with van der Waals surface area (Å²) in [6.45, 7) is 0.992. The van der Waals surface area contributed by atoms with E-state index in [0.717, 1.165) is 0 Å². The number of benzene rings is 1. The number of nitrogens with zero attached hydrogens (tertiary/aromatic N) is 2. The molecule has 0 bridgehead atoms. The van der Waals surface area contributed by atoms with Gasteiger partial charge in [-0.3, -0.25) is 4.68 Å². The van der Waals surface area contributed by atoms with E-state index in [-0.39, 0.29) is 15.8 Å². The number of ether oxygens (including phenoxy) is 1. The predicted molar refractivity (Wildman–Crippen MR) is 65.8 cm³/mol. The molecule has 17 heavy (non-hydrogen) atoms. The van der Waals surface area contributed by atoms with Gasteiger partial charge in [0.05, 0.1) is 16.6 Å². The molecule has 0 aliphatic rings. The van der Waals surface area contributed by atoms with E-state index in [0.29, 0.717) is 18.9 Å². The summed E-state index contributed by atoms with van der Waals surface area (Å²) in [6.07, 6.45) is 3.53. The van der Waals surface area contributed by atoms with Crippen LogP contribution < -0.4 is 4.74 Å². The second kappa shape index (κ2) is 5.29. The molecule has 0 aliphatic heterocycles. The SMILES string of the molecule is Oc1cc(Cl)c(OCCn2cccn2)c(Cl)c1. The van der Waals surface area contributed by atoms with Crippen LogP contribution in [0.1, 0.15) is 0 Å². The van der Waals surface area contributed by atoms with Crippen molar-refractivity contribution < 1.29 is 9.84 Å². The monoisotopic (exact) mass is 272 g/mol. The maximum absolute atomic E-state index is 9.26. The summed E-state index contributed by atoms with van der Waals surface area (Å²) in [7, 11) is 0. The average molecular weight is 273 g/mol. The number of aromatic hydroxyl groups is 1. The molecule has 90 valence electrons. The van der Waals surface area contributed by atoms with Crippen molar-refractivity contribution in [3.63, 3.8) is 0 Å². The number of halogens is 2. The van der Waals surface area contributed by atoms with Crippen molar-refractivity contribution in [3.05, 3.63) is 40.6 Å². The Kier molecular flexibility index (Phi) is 3.76. The molecule has 0 unspecified atom stereocenters. The van der Waals surface area contributed by atoms with Gasteiger partial charge in [-0.1, -0.05) is 23.2 Å². The van der Waals surface area contributed by atoms with Crippen molar-refractivity contribution in [1.29, 1.82) is 0 Å². The van der Waals surface area contributed by atoms with E-state index in [1.54, 1.807) is 10.9 Å². The molecule has 1 N–H and O–H groups in total. The van der Waals surface area contributed by atoms with Crippen molar-refractivity contribution >= 4 is 23.2 Å². The Morgan fingerprint density at radius 2 is 2.00 bits per heavy atom. The molecule has 4 nitrogen and oxygen atoms in total. The Labute approximate surface area is 108 Å². The van der Waals surface area contributed by atoms with Crippen LogP contribution in [0.15, 0.2) is 30.6 Å². The summed E-state index contributed by atoms with van der Waals surface area (Å²) >= 11 is 11.8. The van der Waals surface area contributed by atoms with Gasteiger partial charge >= 0.3 is 0 Å². The maximum Gasteiger partial charge on any atom is 0.156 e. The van der Waals surface area contributed by atoms with Crippen molar-refractivity contribution in [3.8, 4) is 11.5 Å². The van der Waals surface area contributed by atoms with Gasteiger partial charge in [-0.2, -0.15) is 5.10 Å². The van der Waals surface area contributed by atoms with Gasteiger partial charge in [0.25, 0.3) is 0 Å². The van der Waals surface area contributed by atoms with Gasteiger partial charge in [-0.05, 0) is 6.07 Å². The van der Waals surface area contributed by atoms with Crippen LogP contribution in [0.5, 0.6) is 11.5 Å². The third kappa shape index (κ3) is 3.05. The summed E-state index contributed by atoms with van der Waals surface area (Å²) in [5.74, 6) is 0.387. The second-order valence-electron chi connectivity index (χ2n) is 3.36. The minimum atomic E-state index is 0.0134. The fourth-order valence-electron chi connectivity index (χ4n) is 1.36. The molecule has 1 aromatic carbocycles. The summed E-state index contributed by atoms with van der Waals surface area (Å²) in [5.41, 5.74) is 0. The summed E-state index contributed by atoms with van der Waals surface area (Å²) in [6, 6.07) is 4.61. The summed E-state index contributed by atoms with van der Waals surface area (Å²) in [4.78, 5) is 0. The lowest BCUT2D eigenvalue weighted by atomic mass is 10.3. The largest absolute Gasteiger partial charge is 0.508 e. The van der Waals surface area contributed by atoms with Crippen LogP contribution in [0.2, 0.25) is 10.0 Å². The molecule has 0 saturated carbocycles. The van der Waals surface area contributed by atoms with Gasteiger partial charge in [0.1, 0.15) is 12.4 Å². The quantitative estimate of drug-likeness (QED) is 0.931. The molecule has 2 rings (SSSR count). The van der Waals surface area contributed by atoms with E-state index in [4.69, 9.17) is 27.9 Å².